The highest BCUT2D eigenvalue weighted by molar-refractivity contribution is 5.76. The van der Waals surface area contributed by atoms with Crippen LogP contribution in [-0.2, 0) is 4.79 Å². The molecule has 0 aromatic heterocycles. The van der Waals surface area contributed by atoms with E-state index in [0.717, 1.165) is 44.7 Å². The largest absolute Gasteiger partial charge is 0.385 e. The molecule has 3 rings (SSSR count). The van der Waals surface area contributed by atoms with Crippen LogP contribution in [0.3, 0.4) is 0 Å². The molecule has 146 valence electrons. The zero-order valence-corrected chi connectivity index (χ0v) is 16.7. The Morgan fingerprint density at radius 3 is 2.52 bits per heavy atom. The highest BCUT2D eigenvalue weighted by Crippen LogP contribution is 2.39. The standard InChI is InChI=1S/C22H32N4O/c1-3-5-21(27)26-15-18-8-9-19(16-26)22(18)25(2)13-4-12-24-20-10-6-17(14-23)7-11-20/h6-7,10-11,18-19,22,24H,3-5,8-9,12-13,15-16H2,1-2H3. The lowest BCUT2D eigenvalue weighted by Gasteiger charge is -2.42. The molecular formula is C22H32N4O. The highest BCUT2D eigenvalue weighted by atomic mass is 16.2. The van der Waals surface area contributed by atoms with Gasteiger partial charge in [0, 0.05) is 37.8 Å². The monoisotopic (exact) mass is 368 g/mol. The lowest BCUT2D eigenvalue weighted by molar-refractivity contribution is -0.134. The van der Waals surface area contributed by atoms with Crippen LogP contribution in [0.15, 0.2) is 24.3 Å². The minimum atomic E-state index is 0.349. The third-order valence-corrected chi connectivity index (χ3v) is 6.14. The van der Waals surface area contributed by atoms with E-state index in [1.807, 2.05) is 24.3 Å². The highest BCUT2D eigenvalue weighted by Gasteiger charge is 2.44. The van der Waals surface area contributed by atoms with Gasteiger partial charge in [-0.3, -0.25) is 4.79 Å². The summed E-state index contributed by atoms with van der Waals surface area (Å²) in [5.74, 6) is 1.63. The Bertz CT molecular complexity index is 652. The van der Waals surface area contributed by atoms with Gasteiger partial charge in [0.25, 0.3) is 0 Å². The third-order valence-electron chi connectivity index (χ3n) is 6.14. The van der Waals surface area contributed by atoms with E-state index in [1.54, 1.807) is 0 Å². The van der Waals surface area contributed by atoms with Gasteiger partial charge < -0.3 is 15.1 Å². The number of carbonyl (C=O) groups is 1. The average Bonchev–Trinajstić information content (AvgIpc) is 2.95. The van der Waals surface area contributed by atoms with Crippen molar-refractivity contribution >= 4 is 11.6 Å². The molecule has 1 saturated carbocycles. The van der Waals surface area contributed by atoms with E-state index in [9.17, 15) is 4.79 Å². The normalized spacial score (nSPS) is 24.1. The maximum Gasteiger partial charge on any atom is 0.222 e. The molecule has 2 atom stereocenters. The second-order valence-corrected chi connectivity index (χ2v) is 8.09. The van der Waals surface area contributed by atoms with Crippen molar-refractivity contribution in [3.05, 3.63) is 29.8 Å². The summed E-state index contributed by atoms with van der Waals surface area (Å²) in [5.41, 5.74) is 1.76. The summed E-state index contributed by atoms with van der Waals surface area (Å²) in [6.45, 7) is 5.99. The minimum absolute atomic E-state index is 0.349. The zero-order chi connectivity index (χ0) is 19.2. The fourth-order valence-electron chi connectivity index (χ4n) is 4.86. The van der Waals surface area contributed by atoms with E-state index in [0.29, 0.717) is 35.8 Å². The molecule has 1 aliphatic carbocycles. The molecule has 1 saturated heterocycles. The van der Waals surface area contributed by atoms with Gasteiger partial charge in [0.1, 0.15) is 0 Å². The lowest BCUT2D eigenvalue weighted by Crippen LogP contribution is -2.53. The van der Waals surface area contributed by atoms with Gasteiger partial charge in [0.2, 0.25) is 5.91 Å². The molecule has 2 unspecified atom stereocenters. The second kappa shape index (κ2) is 9.23. The number of piperidine rings is 1. The van der Waals surface area contributed by atoms with Gasteiger partial charge in [-0.1, -0.05) is 6.92 Å². The molecule has 2 aliphatic rings. The molecule has 1 heterocycles. The molecule has 2 bridgehead atoms. The number of hydrogen-bond acceptors (Lipinski definition) is 4. The maximum absolute atomic E-state index is 12.3. The Labute approximate surface area is 163 Å². The number of nitriles is 1. The molecule has 1 amide bonds. The van der Waals surface area contributed by atoms with Crippen LogP contribution in [-0.4, -0.2) is 55.0 Å². The van der Waals surface area contributed by atoms with Crippen LogP contribution in [0.2, 0.25) is 0 Å². The van der Waals surface area contributed by atoms with E-state index >= 15 is 0 Å². The summed E-state index contributed by atoms with van der Waals surface area (Å²) in [5, 5.41) is 12.3. The Morgan fingerprint density at radius 2 is 1.93 bits per heavy atom. The van der Waals surface area contributed by atoms with Gasteiger partial charge in [-0.2, -0.15) is 5.26 Å². The van der Waals surface area contributed by atoms with Crippen molar-refractivity contribution in [2.75, 3.05) is 38.5 Å². The Hall–Kier alpha value is -2.06. The first-order valence-corrected chi connectivity index (χ1v) is 10.3. The van der Waals surface area contributed by atoms with E-state index < -0.39 is 0 Å². The number of benzene rings is 1. The first-order valence-electron chi connectivity index (χ1n) is 10.3. The zero-order valence-electron chi connectivity index (χ0n) is 16.7. The summed E-state index contributed by atoms with van der Waals surface area (Å²) < 4.78 is 0. The SMILES string of the molecule is CCCC(=O)N1CC2CCC(C1)C2N(C)CCCNc1ccc(C#N)cc1. The molecule has 1 aliphatic heterocycles. The first kappa shape index (κ1) is 19.7. The predicted octanol–water partition coefficient (Wildman–Crippen LogP) is 3.33. The molecule has 1 aromatic carbocycles. The number of rotatable bonds is 8. The number of fused-ring (bicyclic) bond motifs is 2. The van der Waals surface area contributed by atoms with Crippen molar-refractivity contribution < 1.29 is 4.79 Å². The molecule has 0 spiro atoms. The van der Waals surface area contributed by atoms with E-state index in [1.165, 1.54) is 12.8 Å². The van der Waals surface area contributed by atoms with Gasteiger partial charge in [-0.25, -0.2) is 0 Å². The van der Waals surface area contributed by atoms with E-state index in [4.69, 9.17) is 5.26 Å². The minimum Gasteiger partial charge on any atom is -0.385 e. The molecule has 2 fully saturated rings. The van der Waals surface area contributed by atoms with Crippen LogP contribution in [0.25, 0.3) is 0 Å². The molecule has 1 N–H and O–H groups in total. The summed E-state index contributed by atoms with van der Waals surface area (Å²) in [7, 11) is 2.25. The van der Waals surface area contributed by atoms with Crippen molar-refractivity contribution in [2.24, 2.45) is 11.8 Å². The van der Waals surface area contributed by atoms with Crippen molar-refractivity contribution in [1.82, 2.24) is 9.80 Å². The van der Waals surface area contributed by atoms with Gasteiger partial charge >= 0.3 is 0 Å². The Kier molecular flexibility index (Phi) is 6.73. The number of amides is 1. The van der Waals surface area contributed by atoms with Crippen LogP contribution in [0, 0.1) is 23.2 Å². The van der Waals surface area contributed by atoms with Crippen molar-refractivity contribution in [2.45, 2.75) is 45.1 Å². The predicted molar refractivity (Wildman–Crippen MR) is 108 cm³/mol. The van der Waals surface area contributed by atoms with Gasteiger partial charge in [-0.15, -0.1) is 0 Å². The van der Waals surface area contributed by atoms with E-state index in [2.05, 4.69) is 35.2 Å². The van der Waals surface area contributed by atoms with Gasteiger partial charge in [0.05, 0.1) is 11.6 Å². The summed E-state index contributed by atoms with van der Waals surface area (Å²) in [6.07, 6.45) is 5.25. The molecule has 5 nitrogen and oxygen atoms in total. The van der Waals surface area contributed by atoms with Crippen LogP contribution in [0.4, 0.5) is 5.69 Å². The Morgan fingerprint density at radius 1 is 1.26 bits per heavy atom. The number of carbonyl (C=O) groups excluding carboxylic acids is 1. The number of nitrogens with one attached hydrogen (secondary N) is 1. The number of likely N-dealkylation sites (tertiary alicyclic amines) is 1. The maximum atomic E-state index is 12.3. The third kappa shape index (κ3) is 4.81. The smallest absolute Gasteiger partial charge is 0.222 e. The first-order chi connectivity index (χ1) is 13.1. The molecular weight excluding hydrogens is 336 g/mol. The number of hydrogen-bond donors (Lipinski definition) is 1. The topological polar surface area (TPSA) is 59.4 Å². The van der Waals surface area contributed by atoms with E-state index in [-0.39, 0.29) is 0 Å². The summed E-state index contributed by atoms with van der Waals surface area (Å²) in [4.78, 5) is 16.9. The second-order valence-electron chi connectivity index (χ2n) is 8.09. The van der Waals surface area contributed by atoms with Crippen molar-refractivity contribution in [3.63, 3.8) is 0 Å². The quantitative estimate of drug-likeness (QED) is 0.715. The van der Waals surface area contributed by atoms with Gasteiger partial charge in [-0.05, 0) is 75.4 Å². The van der Waals surface area contributed by atoms with Crippen LogP contribution in [0.1, 0.15) is 44.6 Å². The molecule has 5 heteroatoms. The van der Waals surface area contributed by atoms with Crippen molar-refractivity contribution in [3.8, 4) is 6.07 Å². The molecule has 0 radical (unpaired) electrons. The van der Waals surface area contributed by atoms with Crippen molar-refractivity contribution in [1.29, 1.82) is 5.26 Å². The summed E-state index contributed by atoms with van der Waals surface area (Å²) in [6, 6.07) is 10.4. The van der Waals surface area contributed by atoms with Crippen LogP contribution >= 0.6 is 0 Å². The molecule has 27 heavy (non-hydrogen) atoms. The fourth-order valence-corrected chi connectivity index (χ4v) is 4.86. The fraction of sp³-hybridized carbons (Fsp3) is 0.636. The Balaban J connectivity index is 1.43. The van der Waals surface area contributed by atoms with Crippen LogP contribution in [0.5, 0.6) is 0 Å². The molecule has 1 aromatic rings. The number of anilines is 1. The van der Waals surface area contributed by atoms with Crippen LogP contribution < -0.4 is 5.32 Å². The number of nitrogens with zero attached hydrogens (tertiary/aromatic N) is 3. The summed E-state index contributed by atoms with van der Waals surface area (Å²) >= 11 is 0. The van der Waals surface area contributed by atoms with Gasteiger partial charge in [0.15, 0.2) is 0 Å². The lowest BCUT2D eigenvalue weighted by atomic mass is 9.90. The average molecular weight is 369 g/mol.